The first-order chi connectivity index (χ1) is 17.8. The predicted octanol–water partition coefficient (Wildman–Crippen LogP) is 8.35. The number of hydrogen-bond acceptors (Lipinski definition) is 5. The van der Waals surface area contributed by atoms with Crippen molar-refractivity contribution >= 4 is 16.3 Å². The number of alkyl halides is 3. The lowest BCUT2D eigenvalue weighted by Crippen LogP contribution is -2.28. The maximum Gasteiger partial charge on any atom is 0.491 e. The van der Waals surface area contributed by atoms with Gasteiger partial charge in [0.1, 0.15) is 22.1 Å². The minimum absolute atomic E-state index is 0.192. The average molecular weight is 551 g/mol. The molecule has 206 valence electrons. The van der Waals surface area contributed by atoms with Crippen LogP contribution in [0.5, 0.6) is 17.2 Å². The molecular weight excluding hydrogens is 517 g/mol. The van der Waals surface area contributed by atoms with Crippen LogP contribution in [0.3, 0.4) is 0 Å². The molecule has 0 unspecified atom stereocenters. The van der Waals surface area contributed by atoms with Crippen molar-refractivity contribution in [3.05, 3.63) is 72.8 Å². The van der Waals surface area contributed by atoms with Crippen LogP contribution in [-0.2, 0) is 8.98 Å². The van der Waals surface area contributed by atoms with Gasteiger partial charge in [0.25, 0.3) is 0 Å². The number of hydrogen-bond donors (Lipinski definition) is 0. The van der Waals surface area contributed by atoms with Gasteiger partial charge in [0.15, 0.2) is 0 Å². The second kappa shape index (κ2) is 12.0. The van der Waals surface area contributed by atoms with Gasteiger partial charge >= 0.3 is 12.1 Å². The summed E-state index contributed by atoms with van der Waals surface area (Å²) in [5, 5.41) is 0. The van der Waals surface area contributed by atoms with Crippen molar-refractivity contribution in [3.8, 4) is 17.2 Å². The topological polar surface area (TPSA) is 54.0 Å². The maximum atomic E-state index is 13.8. The van der Waals surface area contributed by atoms with Gasteiger partial charge in [-0.3, -0.25) is 0 Å². The van der Waals surface area contributed by atoms with Gasteiger partial charge < -0.3 is 18.4 Å². The zero-order chi connectivity index (χ0) is 28.1. The van der Waals surface area contributed by atoms with Gasteiger partial charge in [-0.1, -0.05) is 36.4 Å². The lowest BCUT2D eigenvalue weighted by atomic mass is 10.2. The van der Waals surface area contributed by atoms with E-state index >= 15 is 0 Å². The fourth-order valence-electron chi connectivity index (χ4n) is 3.75. The molecule has 3 aromatic carbocycles. The van der Waals surface area contributed by atoms with E-state index in [1.54, 1.807) is 100 Å². The van der Waals surface area contributed by atoms with Gasteiger partial charge in [-0.05, 0) is 65.8 Å². The van der Waals surface area contributed by atoms with E-state index in [9.17, 15) is 18.0 Å². The Hall–Kier alpha value is -3.33. The van der Waals surface area contributed by atoms with Crippen molar-refractivity contribution in [2.75, 3.05) is 0 Å². The molecule has 0 radical (unpaired) electrons. The molecular formula is C29H33F3O5S. The summed E-state index contributed by atoms with van der Waals surface area (Å²) in [6, 6.07) is 20.0. The number of benzene rings is 3. The van der Waals surface area contributed by atoms with E-state index in [1.807, 2.05) is 13.8 Å². The molecule has 0 N–H and O–H groups in total. The molecule has 0 amide bonds. The molecule has 5 nitrogen and oxygen atoms in total. The third kappa shape index (κ3) is 6.75. The largest absolute Gasteiger partial charge is 0.491 e. The summed E-state index contributed by atoms with van der Waals surface area (Å²) in [6.07, 6.45) is -6.16. The fraction of sp³-hybridized carbons (Fsp3) is 0.345. The summed E-state index contributed by atoms with van der Waals surface area (Å²) in [4.78, 5) is 13.6. The molecule has 0 aliphatic heterocycles. The van der Waals surface area contributed by atoms with Gasteiger partial charge in [-0.2, -0.15) is 13.2 Å². The molecule has 0 aliphatic rings. The molecule has 0 heterocycles. The van der Waals surface area contributed by atoms with Crippen LogP contribution in [0.1, 0.15) is 41.5 Å². The predicted molar refractivity (Wildman–Crippen MR) is 141 cm³/mol. The van der Waals surface area contributed by atoms with Crippen LogP contribution in [-0.4, -0.2) is 30.5 Å². The highest BCUT2D eigenvalue weighted by molar-refractivity contribution is 8.30. The van der Waals surface area contributed by atoms with E-state index in [0.29, 0.717) is 15.5 Å². The minimum Gasteiger partial charge on any atom is -0.491 e. The van der Waals surface area contributed by atoms with E-state index in [0.717, 1.165) is 0 Å². The first-order valence-corrected chi connectivity index (χ1v) is 13.8. The first kappa shape index (κ1) is 29.2. The molecule has 3 aromatic rings. The van der Waals surface area contributed by atoms with E-state index < -0.39 is 22.5 Å². The zero-order valence-corrected chi connectivity index (χ0v) is 23.1. The van der Waals surface area contributed by atoms with Crippen LogP contribution in [0.4, 0.5) is 13.2 Å². The Morgan fingerprint density at radius 2 is 1.08 bits per heavy atom. The van der Waals surface area contributed by atoms with Crippen LogP contribution in [0.25, 0.3) is 0 Å². The normalized spacial score (nSPS) is 12.5. The molecule has 0 bridgehead atoms. The van der Waals surface area contributed by atoms with Crippen molar-refractivity contribution in [1.82, 2.24) is 0 Å². The Morgan fingerprint density at radius 3 is 1.42 bits per heavy atom. The Labute approximate surface area is 223 Å². The highest BCUT2D eigenvalue weighted by atomic mass is 32.3. The number of halogens is 3. The summed E-state index contributed by atoms with van der Waals surface area (Å²) in [7, 11) is -3.39. The molecule has 0 aromatic heterocycles. The Kier molecular flexibility index (Phi) is 9.25. The van der Waals surface area contributed by atoms with Crippen LogP contribution < -0.4 is 14.2 Å². The standard InChI is InChI=1S/C29H33F3O5S/c1-19(2)34-22-17-25(35-20(3)4)27(26(18-22)36-21(5)6)38(23-13-9-7-10-14-23,24-15-11-8-12-16-24)37-28(33)29(30,31)32/h7-21H,1-6H3. The van der Waals surface area contributed by atoms with Crippen molar-refractivity contribution in [2.45, 2.75) is 80.7 Å². The zero-order valence-electron chi connectivity index (χ0n) is 22.2. The van der Waals surface area contributed by atoms with Crippen molar-refractivity contribution in [2.24, 2.45) is 0 Å². The quantitative estimate of drug-likeness (QED) is 0.254. The third-order valence-corrected chi connectivity index (χ3v) is 8.21. The van der Waals surface area contributed by atoms with Gasteiger partial charge in [-0.15, -0.1) is 0 Å². The highest BCUT2D eigenvalue weighted by Crippen LogP contribution is 2.74. The number of carbonyl (C=O) groups excluding carboxylic acids is 1. The van der Waals surface area contributed by atoms with Gasteiger partial charge in [-0.25, -0.2) is 4.79 Å². The summed E-state index contributed by atoms with van der Waals surface area (Å²) in [5.41, 5.74) is 0. The van der Waals surface area contributed by atoms with Gasteiger partial charge in [0, 0.05) is 32.2 Å². The second-order valence-corrected chi connectivity index (χ2v) is 11.9. The Morgan fingerprint density at radius 1 is 0.684 bits per heavy atom. The minimum atomic E-state index is -5.24. The van der Waals surface area contributed by atoms with Crippen molar-refractivity contribution in [3.63, 3.8) is 0 Å². The van der Waals surface area contributed by atoms with Crippen molar-refractivity contribution < 1.29 is 36.4 Å². The van der Waals surface area contributed by atoms with Crippen LogP contribution >= 0.6 is 10.3 Å². The first-order valence-electron chi connectivity index (χ1n) is 12.3. The lowest BCUT2D eigenvalue weighted by molar-refractivity contribution is -0.188. The van der Waals surface area contributed by atoms with E-state index in [4.69, 9.17) is 18.4 Å². The number of ether oxygens (including phenoxy) is 3. The molecule has 38 heavy (non-hydrogen) atoms. The summed E-state index contributed by atoms with van der Waals surface area (Å²) < 4.78 is 65.4. The molecule has 0 spiro atoms. The van der Waals surface area contributed by atoms with Crippen LogP contribution in [0.2, 0.25) is 0 Å². The average Bonchev–Trinajstić information content (AvgIpc) is 2.82. The Balaban J connectivity index is 2.54. The molecule has 3 rings (SSSR count). The monoisotopic (exact) mass is 550 g/mol. The smallest absolute Gasteiger partial charge is 0.491 e. The number of carbonyl (C=O) groups is 1. The van der Waals surface area contributed by atoms with E-state index in [-0.39, 0.29) is 34.7 Å². The van der Waals surface area contributed by atoms with Crippen molar-refractivity contribution in [1.29, 1.82) is 0 Å². The Bertz CT molecular complexity index is 1140. The molecule has 0 atom stereocenters. The SMILES string of the molecule is CC(C)Oc1cc(OC(C)C)c(S(OC(=O)C(F)(F)F)(c2ccccc2)c2ccccc2)c(OC(C)C)c1. The number of rotatable bonds is 10. The maximum absolute atomic E-state index is 13.8. The summed E-state index contributed by atoms with van der Waals surface area (Å²) in [5.74, 6) is -1.50. The van der Waals surface area contributed by atoms with E-state index in [1.165, 1.54) is 0 Å². The molecule has 0 saturated carbocycles. The van der Waals surface area contributed by atoms with Gasteiger partial charge in [0.2, 0.25) is 0 Å². The lowest BCUT2D eigenvalue weighted by Gasteiger charge is -2.41. The third-order valence-electron chi connectivity index (χ3n) is 4.96. The summed E-state index contributed by atoms with van der Waals surface area (Å²) in [6.45, 7) is 10.9. The van der Waals surface area contributed by atoms with E-state index in [2.05, 4.69) is 0 Å². The molecule has 0 saturated heterocycles. The summed E-state index contributed by atoms with van der Waals surface area (Å²) >= 11 is 0. The molecule has 0 aliphatic carbocycles. The highest BCUT2D eigenvalue weighted by Gasteiger charge is 2.49. The van der Waals surface area contributed by atoms with Crippen LogP contribution in [0.15, 0.2) is 87.5 Å². The molecule has 9 heteroatoms. The molecule has 0 fully saturated rings. The fourth-order valence-corrected chi connectivity index (χ4v) is 6.96. The van der Waals surface area contributed by atoms with Crippen LogP contribution in [0, 0.1) is 0 Å². The second-order valence-electron chi connectivity index (χ2n) is 9.30. The van der Waals surface area contributed by atoms with Gasteiger partial charge in [0.05, 0.1) is 18.3 Å².